The van der Waals surface area contributed by atoms with Gasteiger partial charge in [0.25, 0.3) is 0 Å². The summed E-state index contributed by atoms with van der Waals surface area (Å²) < 4.78 is 0. The fourth-order valence-corrected chi connectivity index (χ4v) is 1.93. The second-order valence-corrected chi connectivity index (χ2v) is 5.48. The van der Waals surface area contributed by atoms with E-state index < -0.39 is 0 Å². The highest BCUT2D eigenvalue weighted by molar-refractivity contribution is 6.30. The highest BCUT2D eigenvalue weighted by Gasteiger charge is 2.17. The van der Waals surface area contributed by atoms with E-state index in [-0.39, 0.29) is 18.0 Å². The molecular formula is C14H18ClN5O. The Morgan fingerprint density at radius 3 is 2.43 bits per heavy atom. The number of urea groups is 1. The molecule has 2 N–H and O–H groups in total. The summed E-state index contributed by atoms with van der Waals surface area (Å²) in [4.78, 5) is 13.6. The maximum Gasteiger partial charge on any atom is 0.319 e. The van der Waals surface area contributed by atoms with Crippen LogP contribution in [-0.4, -0.2) is 27.1 Å². The topological polar surface area (TPSA) is 71.8 Å². The molecule has 0 radical (unpaired) electrons. The number of rotatable bonds is 5. The Kier molecular flexibility index (Phi) is 5.16. The average molecular weight is 308 g/mol. The molecule has 21 heavy (non-hydrogen) atoms. The number of nitrogens with one attached hydrogen (secondary N) is 2. The van der Waals surface area contributed by atoms with Crippen molar-refractivity contribution in [3.05, 3.63) is 41.7 Å². The molecule has 0 bridgehead atoms. The molecule has 1 aromatic heterocycles. The lowest BCUT2D eigenvalue weighted by molar-refractivity contribution is 0.239. The molecule has 0 aliphatic heterocycles. The van der Waals surface area contributed by atoms with Crippen molar-refractivity contribution in [2.24, 2.45) is 5.92 Å². The predicted molar refractivity (Wildman–Crippen MR) is 82.3 cm³/mol. The molecule has 2 amide bonds. The van der Waals surface area contributed by atoms with Crippen LogP contribution in [0.4, 0.5) is 10.5 Å². The summed E-state index contributed by atoms with van der Waals surface area (Å²) in [5.74, 6) is 0.256. The van der Waals surface area contributed by atoms with E-state index in [9.17, 15) is 4.79 Å². The van der Waals surface area contributed by atoms with Gasteiger partial charge in [-0.15, -0.1) is 0 Å². The largest absolute Gasteiger partial charge is 0.333 e. The Morgan fingerprint density at radius 1 is 1.24 bits per heavy atom. The summed E-state index contributed by atoms with van der Waals surface area (Å²) in [7, 11) is 0. The summed E-state index contributed by atoms with van der Waals surface area (Å²) in [6, 6.07) is 6.63. The van der Waals surface area contributed by atoms with Crippen molar-refractivity contribution in [2.75, 3.05) is 5.32 Å². The molecule has 1 heterocycles. The van der Waals surface area contributed by atoms with Crippen LogP contribution in [0.15, 0.2) is 36.7 Å². The van der Waals surface area contributed by atoms with E-state index in [1.54, 1.807) is 41.5 Å². The van der Waals surface area contributed by atoms with Gasteiger partial charge in [0.15, 0.2) is 0 Å². The Balaban J connectivity index is 1.93. The lowest BCUT2D eigenvalue weighted by Crippen LogP contribution is -2.44. The summed E-state index contributed by atoms with van der Waals surface area (Å²) in [6.45, 7) is 4.60. The van der Waals surface area contributed by atoms with E-state index >= 15 is 0 Å². The summed E-state index contributed by atoms with van der Waals surface area (Å²) >= 11 is 5.81. The van der Waals surface area contributed by atoms with Crippen LogP contribution in [0.1, 0.15) is 13.8 Å². The molecule has 0 saturated carbocycles. The standard InChI is InChI=1S/C14H18ClN5O/c1-10(2)13(9-20-16-7-8-17-20)19-14(21)18-12-5-3-11(15)4-6-12/h3-8,10,13H,9H2,1-2H3,(H2,18,19,21). The first-order valence-electron chi connectivity index (χ1n) is 6.72. The SMILES string of the molecule is CC(C)C(Cn1nccn1)NC(=O)Nc1ccc(Cl)cc1. The molecule has 0 saturated heterocycles. The van der Waals surface area contributed by atoms with Gasteiger partial charge in [-0.05, 0) is 30.2 Å². The van der Waals surface area contributed by atoms with Crippen LogP contribution < -0.4 is 10.6 Å². The minimum absolute atomic E-state index is 0.0651. The lowest BCUT2D eigenvalue weighted by Gasteiger charge is -2.22. The Bertz CT molecular complexity index is 568. The van der Waals surface area contributed by atoms with E-state index in [4.69, 9.17) is 11.6 Å². The number of carbonyl (C=O) groups is 1. The van der Waals surface area contributed by atoms with Gasteiger partial charge in [0.1, 0.15) is 0 Å². The summed E-state index contributed by atoms with van der Waals surface area (Å²) in [6.07, 6.45) is 3.23. The number of benzene rings is 1. The van der Waals surface area contributed by atoms with Gasteiger partial charge in [-0.2, -0.15) is 15.0 Å². The smallest absolute Gasteiger partial charge is 0.319 e. The number of carbonyl (C=O) groups excluding carboxylic acids is 1. The van der Waals surface area contributed by atoms with Gasteiger partial charge in [0, 0.05) is 10.7 Å². The van der Waals surface area contributed by atoms with Crippen molar-refractivity contribution in [3.8, 4) is 0 Å². The predicted octanol–water partition coefficient (Wildman–Crippen LogP) is 2.78. The molecule has 1 aromatic carbocycles. The number of aromatic nitrogens is 3. The quantitative estimate of drug-likeness (QED) is 0.892. The number of nitrogens with zero attached hydrogens (tertiary/aromatic N) is 3. The van der Waals surface area contributed by atoms with E-state index in [0.29, 0.717) is 17.3 Å². The molecule has 1 unspecified atom stereocenters. The van der Waals surface area contributed by atoms with Crippen molar-refractivity contribution in [1.29, 1.82) is 0 Å². The van der Waals surface area contributed by atoms with Crippen LogP contribution in [0.25, 0.3) is 0 Å². The van der Waals surface area contributed by atoms with Crippen LogP contribution in [0.5, 0.6) is 0 Å². The number of amides is 2. The highest BCUT2D eigenvalue weighted by Crippen LogP contribution is 2.13. The average Bonchev–Trinajstić information content (AvgIpc) is 2.93. The van der Waals surface area contributed by atoms with Crippen LogP contribution in [0.3, 0.4) is 0 Å². The molecule has 2 aromatic rings. The first-order chi connectivity index (χ1) is 10.0. The molecule has 0 fully saturated rings. The summed E-state index contributed by atoms with van der Waals surface area (Å²) in [5.41, 5.74) is 0.691. The maximum atomic E-state index is 12.0. The van der Waals surface area contributed by atoms with Gasteiger partial charge in [-0.1, -0.05) is 25.4 Å². The van der Waals surface area contributed by atoms with Gasteiger partial charge in [0.05, 0.1) is 25.0 Å². The minimum Gasteiger partial charge on any atom is -0.333 e. The molecular weight excluding hydrogens is 290 g/mol. The van der Waals surface area contributed by atoms with E-state index in [0.717, 1.165) is 0 Å². The molecule has 0 spiro atoms. The molecule has 7 heteroatoms. The van der Waals surface area contributed by atoms with Crippen LogP contribution in [-0.2, 0) is 6.54 Å². The Morgan fingerprint density at radius 2 is 1.86 bits per heavy atom. The Labute approximate surface area is 128 Å². The van der Waals surface area contributed by atoms with Crippen molar-refractivity contribution in [1.82, 2.24) is 20.3 Å². The first kappa shape index (κ1) is 15.3. The third-order valence-corrected chi connectivity index (χ3v) is 3.30. The fraction of sp³-hybridized carbons (Fsp3) is 0.357. The third-order valence-electron chi connectivity index (χ3n) is 3.05. The van der Waals surface area contributed by atoms with Gasteiger partial charge >= 0.3 is 6.03 Å². The van der Waals surface area contributed by atoms with Gasteiger partial charge < -0.3 is 10.6 Å². The zero-order valence-corrected chi connectivity index (χ0v) is 12.7. The molecule has 0 aliphatic rings. The Hall–Kier alpha value is -2.08. The number of halogens is 1. The molecule has 112 valence electrons. The van der Waals surface area contributed by atoms with Gasteiger partial charge in [0.2, 0.25) is 0 Å². The van der Waals surface area contributed by atoms with Crippen molar-refractivity contribution < 1.29 is 4.79 Å². The van der Waals surface area contributed by atoms with Crippen LogP contribution in [0, 0.1) is 5.92 Å². The number of hydrogen-bond donors (Lipinski definition) is 2. The van der Waals surface area contributed by atoms with E-state index in [1.165, 1.54) is 0 Å². The van der Waals surface area contributed by atoms with E-state index in [1.807, 2.05) is 13.8 Å². The number of hydrogen-bond acceptors (Lipinski definition) is 3. The minimum atomic E-state index is -0.261. The summed E-state index contributed by atoms with van der Waals surface area (Å²) in [5, 5.41) is 14.5. The number of anilines is 1. The molecule has 2 rings (SSSR count). The second-order valence-electron chi connectivity index (χ2n) is 5.04. The lowest BCUT2D eigenvalue weighted by atomic mass is 10.1. The second kappa shape index (κ2) is 7.08. The zero-order chi connectivity index (χ0) is 15.2. The van der Waals surface area contributed by atoms with Crippen LogP contribution >= 0.6 is 11.6 Å². The molecule has 1 atom stereocenters. The molecule has 6 nitrogen and oxygen atoms in total. The maximum absolute atomic E-state index is 12.0. The normalized spacial score (nSPS) is 12.2. The van der Waals surface area contributed by atoms with Crippen molar-refractivity contribution in [2.45, 2.75) is 26.4 Å². The first-order valence-corrected chi connectivity index (χ1v) is 7.09. The zero-order valence-electron chi connectivity index (χ0n) is 12.0. The van der Waals surface area contributed by atoms with Crippen molar-refractivity contribution >= 4 is 23.3 Å². The van der Waals surface area contributed by atoms with Crippen molar-refractivity contribution in [3.63, 3.8) is 0 Å². The van der Waals surface area contributed by atoms with Crippen LogP contribution in [0.2, 0.25) is 5.02 Å². The van der Waals surface area contributed by atoms with E-state index in [2.05, 4.69) is 20.8 Å². The van der Waals surface area contributed by atoms with Gasteiger partial charge in [-0.25, -0.2) is 4.79 Å². The molecule has 0 aliphatic carbocycles. The highest BCUT2D eigenvalue weighted by atomic mass is 35.5. The fourth-order valence-electron chi connectivity index (χ4n) is 1.81. The van der Waals surface area contributed by atoms with Gasteiger partial charge in [-0.3, -0.25) is 0 Å². The monoisotopic (exact) mass is 307 g/mol. The third kappa shape index (κ3) is 4.75.